The zero-order chi connectivity index (χ0) is 19.4. The molecular weight excluding hydrogens is 450 g/mol. The van der Waals surface area contributed by atoms with Crippen molar-refractivity contribution in [2.24, 2.45) is 0 Å². The van der Waals surface area contributed by atoms with Gasteiger partial charge in [0.2, 0.25) is 0 Å². The second kappa shape index (κ2) is 8.95. The maximum atomic E-state index is 12.3. The van der Waals surface area contributed by atoms with Gasteiger partial charge in [0.25, 0.3) is 11.1 Å². The van der Waals surface area contributed by atoms with Crippen LogP contribution in [0.15, 0.2) is 51.8 Å². The van der Waals surface area contributed by atoms with Crippen LogP contribution in [0.4, 0.5) is 4.79 Å². The molecule has 1 saturated heterocycles. The van der Waals surface area contributed by atoms with Crippen LogP contribution in [0.2, 0.25) is 5.02 Å². The molecule has 7 heteroatoms. The van der Waals surface area contributed by atoms with E-state index in [1.54, 1.807) is 6.08 Å². The molecule has 0 bridgehead atoms. The number of hydrogen-bond acceptors (Lipinski definition) is 4. The molecule has 2 aromatic rings. The van der Waals surface area contributed by atoms with Gasteiger partial charge in [0.1, 0.15) is 12.4 Å². The normalized spacial score (nSPS) is 15.7. The Labute approximate surface area is 175 Å². The van der Waals surface area contributed by atoms with E-state index in [2.05, 4.69) is 15.9 Å². The highest BCUT2D eigenvalue weighted by Gasteiger charge is 2.34. The largest absolute Gasteiger partial charge is 0.488 e. The van der Waals surface area contributed by atoms with Gasteiger partial charge in [-0.2, -0.15) is 0 Å². The standard InChI is InChI=1S/C20H17BrClNO3S/c1-2-9-23-19(24)18(27-20(23)25)11-13-7-8-17(15(21)10-13)26-12-14-5-3-4-6-16(14)22/h3-8,10-11H,2,9,12H2,1H3/b18-11+. The Morgan fingerprint density at radius 3 is 2.70 bits per heavy atom. The molecule has 140 valence electrons. The van der Waals surface area contributed by atoms with E-state index >= 15 is 0 Å². The van der Waals surface area contributed by atoms with Crippen molar-refractivity contribution in [2.45, 2.75) is 20.0 Å². The van der Waals surface area contributed by atoms with Crippen molar-refractivity contribution < 1.29 is 14.3 Å². The lowest BCUT2D eigenvalue weighted by Gasteiger charge is -2.10. The predicted molar refractivity (Wildman–Crippen MR) is 113 cm³/mol. The number of rotatable bonds is 6. The molecule has 0 unspecified atom stereocenters. The fraction of sp³-hybridized carbons (Fsp3) is 0.200. The third-order valence-corrected chi connectivity index (χ3v) is 5.81. The van der Waals surface area contributed by atoms with Crippen molar-refractivity contribution in [1.29, 1.82) is 0 Å². The molecule has 4 nitrogen and oxygen atoms in total. The van der Waals surface area contributed by atoms with E-state index in [-0.39, 0.29) is 11.1 Å². The van der Waals surface area contributed by atoms with Crippen LogP contribution in [0.25, 0.3) is 6.08 Å². The third-order valence-electron chi connectivity index (χ3n) is 3.92. The van der Waals surface area contributed by atoms with Gasteiger partial charge in [-0.1, -0.05) is 42.8 Å². The lowest BCUT2D eigenvalue weighted by Crippen LogP contribution is -2.28. The zero-order valence-corrected chi connectivity index (χ0v) is 17.7. The van der Waals surface area contributed by atoms with Crippen molar-refractivity contribution in [3.8, 4) is 5.75 Å². The van der Waals surface area contributed by atoms with Crippen molar-refractivity contribution in [2.75, 3.05) is 6.54 Å². The molecule has 27 heavy (non-hydrogen) atoms. The average Bonchev–Trinajstić information content (AvgIpc) is 2.90. The van der Waals surface area contributed by atoms with Crippen LogP contribution in [0.3, 0.4) is 0 Å². The Hall–Kier alpha value is -1.76. The van der Waals surface area contributed by atoms with E-state index in [9.17, 15) is 9.59 Å². The highest BCUT2D eigenvalue weighted by Crippen LogP contribution is 2.34. The number of nitrogens with zero attached hydrogens (tertiary/aromatic N) is 1. The predicted octanol–water partition coefficient (Wildman–Crippen LogP) is 6.13. The third kappa shape index (κ3) is 4.75. The first-order valence-corrected chi connectivity index (χ1v) is 10.4. The number of benzene rings is 2. The highest BCUT2D eigenvalue weighted by molar-refractivity contribution is 9.10. The van der Waals surface area contributed by atoms with Gasteiger partial charge in [-0.3, -0.25) is 14.5 Å². The SMILES string of the molecule is CCCN1C(=O)S/C(=C/c2ccc(OCc3ccccc3Cl)c(Br)c2)C1=O. The molecule has 1 fully saturated rings. The summed E-state index contributed by atoms with van der Waals surface area (Å²) in [6.45, 7) is 2.74. The van der Waals surface area contributed by atoms with E-state index < -0.39 is 0 Å². The number of hydrogen-bond donors (Lipinski definition) is 0. The van der Waals surface area contributed by atoms with Crippen molar-refractivity contribution in [1.82, 2.24) is 4.90 Å². The lowest BCUT2D eigenvalue weighted by molar-refractivity contribution is -0.122. The van der Waals surface area contributed by atoms with Crippen LogP contribution in [0.5, 0.6) is 5.75 Å². The van der Waals surface area contributed by atoms with Crippen LogP contribution in [-0.4, -0.2) is 22.6 Å². The topological polar surface area (TPSA) is 46.6 Å². The molecule has 0 N–H and O–H groups in total. The van der Waals surface area contributed by atoms with Crippen molar-refractivity contribution in [3.63, 3.8) is 0 Å². The first-order chi connectivity index (χ1) is 13.0. The van der Waals surface area contributed by atoms with E-state index in [0.717, 1.165) is 33.8 Å². The molecule has 0 aromatic heterocycles. The van der Waals surface area contributed by atoms with E-state index in [1.165, 1.54) is 4.90 Å². The molecule has 0 aliphatic carbocycles. The van der Waals surface area contributed by atoms with Crippen LogP contribution < -0.4 is 4.74 Å². The number of carbonyl (C=O) groups excluding carboxylic acids is 2. The molecule has 2 amide bonds. The number of thioether (sulfide) groups is 1. The molecule has 0 radical (unpaired) electrons. The van der Waals surface area contributed by atoms with E-state index in [4.69, 9.17) is 16.3 Å². The van der Waals surface area contributed by atoms with Crippen LogP contribution in [0.1, 0.15) is 24.5 Å². The Morgan fingerprint density at radius 1 is 1.22 bits per heavy atom. The smallest absolute Gasteiger partial charge is 0.293 e. The molecule has 1 heterocycles. The Morgan fingerprint density at radius 2 is 2.00 bits per heavy atom. The van der Waals surface area contributed by atoms with Gasteiger partial charge < -0.3 is 4.74 Å². The first-order valence-electron chi connectivity index (χ1n) is 8.40. The van der Waals surface area contributed by atoms with E-state index in [0.29, 0.717) is 28.8 Å². The number of imide groups is 1. The van der Waals surface area contributed by atoms with Gasteiger partial charge in [-0.05, 0) is 64.0 Å². The summed E-state index contributed by atoms with van der Waals surface area (Å²) >= 11 is 10.6. The number of halogens is 2. The number of ether oxygens (including phenoxy) is 1. The lowest BCUT2D eigenvalue weighted by atomic mass is 10.2. The summed E-state index contributed by atoms with van der Waals surface area (Å²) in [5.41, 5.74) is 1.72. The fourth-order valence-corrected chi connectivity index (χ4v) is 4.13. The molecule has 1 aliphatic heterocycles. The summed E-state index contributed by atoms with van der Waals surface area (Å²) in [4.78, 5) is 26.0. The minimum Gasteiger partial charge on any atom is -0.488 e. The minimum absolute atomic E-state index is 0.216. The van der Waals surface area contributed by atoms with Crippen molar-refractivity contribution >= 4 is 56.5 Å². The molecule has 1 aliphatic rings. The summed E-state index contributed by atoms with van der Waals surface area (Å²) < 4.78 is 6.59. The van der Waals surface area contributed by atoms with Crippen LogP contribution >= 0.6 is 39.3 Å². The van der Waals surface area contributed by atoms with Gasteiger partial charge >= 0.3 is 0 Å². The summed E-state index contributed by atoms with van der Waals surface area (Å²) in [5, 5.41) is 0.444. The monoisotopic (exact) mass is 465 g/mol. The first kappa shape index (κ1) is 20.0. The Bertz CT molecular complexity index is 916. The summed E-state index contributed by atoms with van der Waals surface area (Å²) in [6, 6.07) is 13.0. The van der Waals surface area contributed by atoms with Gasteiger partial charge in [0.05, 0.1) is 9.38 Å². The molecule has 0 atom stereocenters. The van der Waals surface area contributed by atoms with Gasteiger partial charge in [0.15, 0.2) is 0 Å². The number of carbonyl (C=O) groups is 2. The Kier molecular flexibility index (Phi) is 6.63. The zero-order valence-electron chi connectivity index (χ0n) is 14.6. The number of amides is 2. The van der Waals surface area contributed by atoms with Gasteiger partial charge in [0, 0.05) is 17.1 Å². The summed E-state index contributed by atoms with van der Waals surface area (Å²) in [7, 11) is 0. The molecule has 0 spiro atoms. The molecular formula is C20H17BrClNO3S. The van der Waals surface area contributed by atoms with Crippen LogP contribution in [-0.2, 0) is 11.4 Å². The molecule has 2 aromatic carbocycles. The highest BCUT2D eigenvalue weighted by atomic mass is 79.9. The van der Waals surface area contributed by atoms with E-state index in [1.807, 2.05) is 49.4 Å². The van der Waals surface area contributed by atoms with Gasteiger partial charge in [-0.15, -0.1) is 0 Å². The second-order valence-electron chi connectivity index (χ2n) is 5.90. The Balaban J connectivity index is 1.72. The fourth-order valence-electron chi connectivity index (χ4n) is 2.56. The van der Waals surface area contributed by atoms with Gasteiger partial charge in [-0.25, -0.2) is 0 Å². The minimum atomic E-state index is -0.234. The maximum absolute atomic E-state index is 12.3. The second-order valence-corrected chi connectivity index (χ2v) is 8.16. The van der Waals surface area contributed by atoms with Crippen molar-refractivity contribution in [3.05, 3.63) is 68.0 Å². The molecule has 0 saturated carbocycles. The summed E-state index contributed by atoms with van der Waals surface area (Å²) in [6.07, 6.45) is 2.47. The maximum Gasteiger partial charge on any atom is 0.293 e. The van der Waals surface area contributed by atoms with Crippen LogP contribution in [0, 0.1) is 0 Å². The quantitative estimate of drug-likeness (QED) is 0.481. The molecule has 3 rings (SSSR count). The summed E-state index contributed by atoms with van der Waals surface area (Å²) in [5.74, 6) is 0.438. The average molecular weight is 467 g/mol.